The summed E-state index contributed by atoms with van der Waals surface area (Å²) in [7, 11) is 0. The summed E-state index contributed by atoms with van der Waals surface area (Å²) in [5.41, 5.74) is 3.57. The van der Waals surface area contributed by atoms with Gasteiger partial charge in [-0.25, -0.2) is 9.50 Å². The van der Waals surface area contributed by atoms with Crippen LogP contribution in [0.1, 0.15) is 46.7 Å². The first-order valence-electron chi connectivity index (χ1n) is 13.2. The molecule has 6 rings (SSSR count). The Labute approximate surface area is 235 Å². The first-order valence-corrected chi connectivity index (χ1v) is 13.2. The molecule has 41 heavy (non-hydrogen) atoms. The number of allylic oxidation sites excluding steroid dienone is 4. The van der Waals surface area contributed by atoms with Gasteiger partial charge < -0.3 is 5.32 Å². The number of amides is 1. The predicted molar refractivity (Wildman–Crippen MR) is 157 cm³/mol. The standard InChI is InChI=1S/C33H25N5O3/c1-21(35-32(40)29-22(2)36-37-18-8-17-34-31(29)37)28-20-25-11-7-10-24(16-15-23-9-6-14-27(39)19-23)30(25)33(41)38(28)26-12-4-3-5-13-26/h3-13,17-21H,14H2,1-2H3,(H,35,40). The van der Waals surface area contributed by atoms with Crippen LogP contribution in [-0.4, -0.2) is 30.9 Å². The molecule has 0 saturated carbocycles. The minimum atomic E-state index is -0.545. The minimum absolute atomic E-state index is 0.00285. The van der Waals surface area contributed by atoms with Crippen LogP contribution in [0.3, 0.4) is 0 Å². The lowest BCUT2D eigenvalue weighted by molar-refractivity contribution is -0.113. The Morgan fingerprint density at radius 1 is 1.05 bits per heavy atom. The summed E-state index contributed by atoms with van der Waals surface area (Å²) >= 11 is 0. The lowest BCUT2D eigenvalue weighted by Crippen LogP contribution is -2.32. The summed E-state index contributed by atoms with van der Waals surface area (Å²) in [5.74, 6) is 5.79. The maximum Gasteiger partial charge on any atom is 0.264 e. The van der Waals surface area contributed by atoms with Crippen molar-refractivity contribution in [2.75, 3.05) is 0 Å². The number of benzene rings is 2. The molecule has 1 N–H and O–H groups in total. The van der Waals surface area contributed by atoms with E-state index in [2.05, 4.69) is 27.2 Å². The number of pyridine rings is 1. The molecule has 0 bridgehead atoms. The van der Waals surface area contributed by atoms with Crippen LogP contribution in [0.5, 0.6) is 0 Å². The molecule has 1 amide bonds. The van der Waals surface area contributed by atoms with E-state index in [-0.39, 0.29) is 17.2 Å². The van der Waals surface area contributed by atoms with Crippen LogP contribution in [0, 0.1) is 18.8 Å². The fourth-order valence-corrected chi connectivity index (χ4v) is 5.05. The lowest BCUT2D eigenvalue weighted by atomic mass is 10.0. The minimum Gasteiger partial charge on any atom is -0.344 e. The first kappa shape index (κ1) is 25.7. The van der Waals surface area contributed by atoms with Gasteiger partial charge in [-0.15, -0.1) is 0 Å². The highest BCUT2D eigenvalue weighted by atomic mass is 16.2. The number of aryl methyl sites for hydroxylation is 1. The Hall–Kier alpha value is -5.55. The molecule has 1 aliphatic carbocycles. The number of rotatable bonds is 4. The number of carbonyl (C=O) groups excluding carboxylic acids is 2. The molecular weight excluding hydrogens is 514 g/mol. The Morgan fingerprint density at radius 3 is 2.68 bits per heavy atom. The van der Waals surface area contributed by atoms with Gasteiger partial charge >= 0.3 is 0 Å². The molecule has 3 aromatic heterocycles. The van der Waals surface area contributed by atoms with E-state index in [4.69, 9.17) is 0 Å². The first-order chi connectivity index (χ1) is 19.9. The second-order valence-electron chi connectivity index (χ2n) is 9.78. The third-order valence-electron chi connectivity index (χ3n) is 6.95. The average molecular weight is 540 g/mol. The van der Waals surface area contributed by atoms with E-state index in [0.29, 0.717) is 56.6 Å². The van der Waals surface area contributed by atoms with E-state index in [0.717, 1.165) is 0 Å². The molecule has 1 aliphatic rings. The van der Waals surface area contributed by atoms with Gasteiger partial charge in [0, 0.05) is 41.3 Å². The van der Waals surface area contributed by atoms with Crippen molar-refractivity contribution in [1.82, 2.24) is 24.5 Å². The van der Waals surface area contributed by atoms with Crippen LogP contribution in [0.15, 0.2) is 102 Å². The maximum absolute atomic E-state index is 14.2. The third-order valence-corrected chi connectivity index (χ3v) is 6.95. The van der Waals surface area contributed by atoms with Gasteiger partial charge in [-0.3, -0.25) is 19.0 Å². The summed E-state index contributed by atoms with van der Waals surface area (Å²) in [5, 5.41) is 8.61. The highest BCUT2D eigenvalue weighted by Gasteiger charge is 2.23. The van der Waals surface area contributed by atoms with E-state index >= 15 is 0 Å². The molecule has 200 valence electrons. The predicted octanol–water partition coefficient (Wildman–Crippen LogP) is 4.64. The van der Waals surface area contributed by atoms with E-state index in [1.54, 1.807) is 46.6 Å². The number of hydrogen-bond acceptors (Lipinski definition) is 5. The van der Waals surface area contributed by atoms with Crippen LogP contribution >= 0.6 is 0 Å². The van der Waals surface area contributed by atoms with E-state index < -0.39 is 6.04 Å². The smallest absolute Gasteiger partial charge is 0.264 e. The molecule has 3 heterocycles. The molecule has 0 spiro atoms. The van der Waals surface area contributed by atoms with Gasteiger partial charge in [0.1, 0.15) is 5.56 Å². The van der Waals surface area contributed by atoms with Crippen molar-refractivity contribution in [2.24, 2.45) is 0 Å². The van der Waals surface area contributed by atoms with E-state index in [9.17, 15) is 14.4 Å². The molecule has 0 fully saturated rings. The van der Waals surface area contributed by atoms with Crippen LogP contribution in [0.4, 0.5) is 0 Å². The number of carbonyl (C=O) groups is 2. The third kappa shape index (κ3) is 4.85. The second-order valence-corrected chi connectivity index (χ2v) is 9.78. The normalized spacial score (nSPS) is 13.5. The second kappa shape index (κ2) is 10.5. The zero-order chi connectivity index (χ0) is 28.5. The van der Waals surface area contributed by atoms with Crippen LogP contribution in [0.2, 0.25) is 0 Å². The summed E-state index contributed by atoms with van der Waals surface area (Å²) in [6.45, 7) is 3.61. The number of aromatic nitrogens is 4. The number of nitrogens with one attached hydrogen (secondary N) is 1. The summed E-state index contributed by atoms with van der Waals surface area (Å²) in [4.78, 5) is 43.8. The van der Waals surface area contributed by atoms with Crippen LogP contribution in [0.25, 0.3) is 22.1 Å². The van der Waals surface area contributed by atoms with Gasteiger partial charge in [0.2, 0.25) is 0 Å². The Kier molecular flexibility index (Phi) is 6.62. The highest BCUT2D eigenvalue weighted by Crippen LogP contribution is 2.24. The zero-order valence-corrected chi connectivity index (χ0v) is 22.5. The van der Waals surface area contributed by atoms with Crippen molar-refractivity contribution < 1.29 is 9.59 Å². The fraction of sp³-hybridized carbons (Fsp3) is 0.121. The van der Waals surface area contributed by atoms with Crippen LogP contribution < -0.4 is 10.9 Å². The Morgan fingerprint density at radius 2 is 1.88 bits per heavy atom. The summed E-state index contributed by atoms with van der Waals surface area (Å²) in [6, 6.07) is 17.9. The highest BCUT2D eigenvalue weighted by molar-refractivity contribution is 6.01. The van der Waals surface area contributed by atoms with Gasteiger partial charge in [-0.2, -0.15) is 5.10 Å². The van der Waals surface area contributed by atoms with Crippen molar-refractivity contribution in [1.29, 1.82) is 0 Å². The molecule has 0 saturated heterocycles. The molecule has 1 unspecified atom stereocenters. The Bertz CT molecular complexity index is 2040. The van der Waals surface area contributed by atoms with Crippen molar-refractivity contribution in [2.45, 2.75) is 26.3 Å². The molecular formula is C33H25N5O3. The number of fused-ring (bicyclic) bond motifs is 2. The molecule has 1 atom stereocenters. The van der Waals surface area contributed by atoms with Crippen molar-refractivity contribution in [3.05, 3.63) is 130 Å². The quantitative estimate of drug-likeness (QED) is 0.336. The van der Waals surface area contributed by atoms with Gasteiger partial charge in [-0.05, 0) is 61.7 Å². The molecule has 0 aliphatic heterocycles. The van der Waals surface area contributed by atoms with Crippen LogP contribution in [-0.2, 0) is 4.79 Å². The number of para-hydroxylation sites is 1. The SMILES string of the molecule is Cc1nn2cccnc2c1C(=O)NC(C)c1cc2cccc(C#CC3=CC(=O)CC=C3)c2c(=O)n1-c1ccccc1. The number of nitrogens with zero attached hydrogens (tertiary/aromatic N) is 4. The molecule has 0 radical (unpaired) electrons. The number of ketones is 1. The monoisotopic (exact) mass is 539 g/mol. The fourth-order valence-electron chi connectivity index (χ4n) is 5.05. The average Bonchev–Trinajstić information content (AvgIpc) is 3.32. The van der Waals surface area contributed by atoms with Crippen molar-refractivity contribution >= 4 is 28.1 Å². The summed E-state index contributed by atoms with van der Waals surface area (Å²) < 4.78 is 3.19. The van der Waals surface area contributed by atoms with Gasteiger partial charge in [0.25, 0.3) is 11.5 Å². The lowest BCUT2D eigenvalue weighted by Gasteiger charge is -2.21. The molecule has 8 heteroatoms. The molecule has 2 aromatic carbocycles. The van der Waals surface area contributed by atoms with Crippen molar-refractivity contribution in [3.63, 3.8) is 0 Å². The van der Waals surface area contributed by atoms with Gasteiger partial charge in [0.05, 0.1) is 17.1 Å². The van der Waals surface area contributed by atoms with Crippen molar-refractivity contribution in [3.8, 4) is 17.5 Å². The maximum atomic E-state index is 14.2. The zero-order valence-electron chi connectivity index (χ0n) is 22.5. The number of hydrogen-bond donors (Lipinski definition) is 1. The Balaban J connectivity index is 1.47. The van der Waals surface area contributed by atoms with Gasteiger partial charge in [-0.1, -0.05) is 48.2 Å². The molecule has 8 nitrogen and oxygen atoms in total. The topological polar surface area (TPSA) is 98.4 Å². The van der Waals surface area contributed by atoms with E-state index in [1.165, 1.54) is 6.08 Å². The molecule has 5 aromatic rings. The summed E-state index contributed by atoms with van der Waals surface area (Å²) in [6.07, 6.45) is 8.84. The van der Waals surface area contributed by atoms with Gasteiger partial charge in [0.15, 0.2) is 11.4 Å². The largest absolute Gasteiger partial charge is 0.344 e. The van der Waals surface area contributed by atoms with E-state index in [1.807, 2.05) is 61.5 Å².